The molecule has 0 radical (unpaired) electrons. The summed E-state index contributed by atoms with van der Waals surface area (Å²) in [5, 5.41) is 13.6. The predicted molar refractivity (Wildman–Crippen MR) is 70.6 cm³/mol. The van der Waals surface area contributed by atoms with E-state index in [9.17, 15) is 9.50 Å². The van der Waals surface area contributed by atoms with Crippen LogP contribution in [0.25, 0.3) is 11.5 Å². The van der Waals surface area contributed by atoms with E-state index >= 15 is 0 Å². The van der Waals surface area contributed by atoms with E-state index in [1.54, 1.807) is 0 Å². The molecule has 0 bridgehead atoms. The summed E-state index contributed by atoms with van der Waals surface area (Å²) in [4.78, 5) is 4.19. The average Bonchev–Trinajstić information content (AvgIpc) is 2.91. The molecule has 5 nitrogen and oxygen atoms in total. The molecule has 0 saturated heterocycles. The number of rotatable bonds is 6. The van der Waals surface area contributed by atoms with E-state index in [1.165, 1.54) is 6.07 Å². The number of phenols is 1. The molecule has 0 aliphatic rings. The van der Waals surface area contributed by atoms with Gasteiger partial charge < -0.3 is 14.4 Å². The molecular formula is C14H17FN2O3. The summed E-state index contributed by atoms with van der Waals surface area (Å²) in [5.74, 6) is -0.0947. The maximum atomic E-state index is 13.2. The molecule has 1 heterocycles. The Balaban J connectivity index is 2.29. The molecule has 2 aromatic rings. The van der Waals surface area contributed by atoms with Gasteiger partial charge in [0.1, 0.15) is 17.7 Å². The SMILES string of the molecule is CCCC(OCC)c1noc(-c2cc(F)ccc2O)n1. The zero-order valence-electron chi connectivity index (χ0n) is 11.5. The Morgan fingerprint density at radius 1 is 1.40 bits per heavy atom. The van der Waals surface area contributed by atoms with E-state index in [2.05, 4.69) is 10.1 Å². The van der Waals surface area contributed by atoms with E-state index in [-0.39, 0.29) is 23.3 Å². The van der Waals surface area contributed by atoms with Crippen LogP contribution in [0.5, 0.6) is 5.75 Å². The predicted octanol–water partition coefficient (Wildman–Crippen LogP) is 3.46. The van der Waals surface area contributed by atoms with Gasteiger partial charge in [0.25, 0.3) is 5.89 Å². The van der Waals surface area contributed by atoms with Crippen LogP contribution in [0.3, 0.4) is 0 Å². The second-order valence-corrected chi connectivity index (χ2v) is 4.35. The number of hydrogen-bond donors (Lipinski definition) is 1. The maximum absolute atomic E-state index is 13.2. The maximum Gasteiger partial charge on any atom is 0.261 e. The van der Waals surface area contributed by atoms with Crippen LogP contribution in [-0.2, 0) is 4.74 Å². The third kappa shape index (κ3) is 3.14. The highest BCUT2D eigenvalue weighted by molar-refractivity contribution is 5.61. The first-order valence-electron chi connectivity index (χ1n) is 6.59. The minimum Gasteiger partial charge on any atom is -0.507 e. The van der Waals surface area contributed by atoms with Crippen LogP contribution < -0.4 is 0 Å². The van der Waals surface area contributed by atoms with Gasteiger partial charge in [-0.2, -0.15) is 4.98 Å². The lowest BCUT2D eigenvalue weighted by Gasteiger charge is -2.11. The minimum absolute atomic E-state index is 0.0813. The lowest BCUT2D eigenvalue weighted by molar-refractivity contribution is 0.0478. The molecule has 1 aromatic heterocycles. The van der Waals surface area contributed by atoms with Crippen molar-refractivity contribution in [1.29, 1.82) is 0 Å². The topological polar surface area (TPSA) is 68.4 Å². The fourth-order valence-corrected chi connectivity index (χ4v) is 1.90. The minimum atomic E-state index is -0.479. The molecule has 20 heavy (non-hydrogen) atoms. The number of halogens is 1. The van der Waals surface area contributed by atoms with Gasteiger partial charge in [0.15, 0.2) is 0 Å². The van der Waals surface area contributed by atoms with Gasteiger partial charge in [-0.25, -0.2) is 4.39 Å². The number of aromatic hydroxyl groups is 1. The molecule has 1 atom stereocenters. The fourth-order valence-electron chi connectivity index (χ4n) is 1.90. The van der Waals surface area contributed by atoms with Crippen LogP contribution in [0.1, 0.15) is 38.6 Å². The van der Waals surface area contributed by atoms with Crippen molar-refractivity contribution in [2.24, 2.45) is 0 Å². The summed E-state index contributed by atoms with van der Waals surface area (Å²) in [7, 11) is 0. The average molecular weight is 280 g/mol. The Morgan fingerprint density at radius 2 is 2.20 bits per heavy atom. The molecular weight excluding hydrogens is 263 g/mol. The van der Waals surface area contributed by atoms with Crippen molar-refractivity contribution < 1.29 is 18.8 Å². The highest BCUT2D eigenvalue weighted by Crippen LogP contribution is 2.30. The first-order chi connectivity index (χ1) is 9.65. The van der Waals surface area contributed by atoms with Crippen LogP contribution in [0.2, 0.25) is 0 Å². The fraction of sp³-hybridized carbons (Fsp3) is 0.429. The highest BCUT2D eigenvalue weighted by Gasteiger charge is 2.20. The number of ether oxygens (including phenoxy) is 1. The summed E-state index contributed by atoms with van der Waals surface area (Å²) < 4.78 is 23.9. The zero-order valence-corrected chi connectivity index (χ0v) is 11.5. The van der Waals surface area contributed by atoms with Gasteiger partial charge >= 0.3 is 0 Å². The molecule has 6 heteroatoms. The quantitative estimate of drug-likeness (QED) is 0.877. The van der Waals surface area contributed by atoms with E-state index in [0.717, 1.165) is 25.0 Å². The smallest absolute Gasteiger partial charge is 0.261 e. The van der Waals surface area contributed by atoms with Gasteiger partial charge in [0.05, 0.1) is 5.56 Å². The van der Waals surface area contributed by atoms with E-state index < -0.39 is 5.82 Å². The Labute approximate surface area is 116 Å². The van der Waals surface area contributed by atoms with Gasteiger partial charge in [-0.15, -0.1) is 0 Å². The van der Waals surface area contributed by atoms with Gasteiger partial charge in [-0.1, -0.05) is 18.5 Å². The molecule has 108 valence electrons. The lowest BCUT2D eigenvalue weighted by Crippen LogP contribution is -2.05. The molecule has 0 fully saturated rings. The molecule has 0 aliphatic carbocycles. The molecule has 0 amide bonds. The molecule has 1 unspecified atom stereocenters. The van der Waals surface area contributed by atoms with E-state index in [1.807, 2.05) is 13.8 Å². The number of aromatic nitrogens is 2. The van der Waals surface area contributed by atoms with Crippen molar-refractivity contribution in [1.82, 2.24) is 10.1 Å². The third-order valence-corrected chi connectivity index (χ3v) is 2.84. The van der Waals surface area contributed by atoms with Crippen LogP contribution in [0, 0.1) is 5.82 Å². The largest absolute Gasteiger partial charge is 0.507 e. The summed E-state index contributed by atoms with van der Waals surface area (Å²) in [6.45, 7) is 4.47. The molecule has 0 saturated carbocycles. The van der Waals surface area contributed by atoms with Crippen LogP contribution >= 0.6 is 0 Å². The Morgan fingerprint density at radius 3 is 2.90 bits per heavy atom. The van der Waals surface area contributed by atoms with Crippen LogP contribution in [0.4, 0.5) is 4.39 Å². The number of nitrogens with zero attached hydrogens (tertiary/aromatic N) is 2. The summed E-state index contributed by atoms with van der Waals surface area (Å²) in [6, 6.07) is 3.57. The van der Waals surface area contributed by atoms with E-state index in [4.69, 9.17) is 9.26 Å². The first kappa shape index (κ1) is 14.5. The Kier molecular flexibility index (Phi) is 4.68. The standard InChI is InChI=1S/C14H17FN2O3/c1-3-5-12(19-4-2)13-16-14(20-17-13)10-8-9(15)6-7-11(10)18/h6-8,12,18H,3-5H2,1-2H3. The van der Waals surface area contributed by atoms with Crippen molar-refractivity contribution in [2.75, 3.05) is 6.61 Å². The van der Waals surface area contributed by atoms with Crippen LogP contribution in [-0.4, -0.2) is 21.9 Å². The summed E-state index contributed by atoms with van der Waals surface area (Å²) >= 11 is 0. The second-order valence-electron chi connectivity index (χ2n) is 4.35. The Hall–Kier alpha value is -1.95. The zero-order chi connectivity index (χ0) is 14.5. The first-order valence-corrected chi connectivity index (χ1v) is 6.59. The Bertz CT molecular complexity index is 565. The monoisotopic (exact) mass is 280 g/mol. The number of hydrogen-bond acceptors (Lipinski definition) is 5. The number of benzene rings is 1. The summed E-state index contributed by atoms with van der Waals surface area (Å²) in [6.07, 6.45) is 1.43. The summed E-state index contributed by atoms with van der Waals surface area (Å²) in [5.41, 5.74) is 0.176. The van der Waals surface area contributed by atoms with Crippen molar-refractivity contribution in [3.8, 4) is 17.2 Å². The van der Waals surface area contributed by atoms with Gasteiger partial charge in [0.2, 0.25) is 5.82 Å². The van der Waals surface area contributed by atoms with E-state index in [0.29, 0.717) is 12.4 Å². The van der Waals surface area contributed by atoms with Crippen molar-refractivity contribution in [2.45, 2.75) is 32.8 Å². The normalized spacial score (nSPS) is 12.6. The molecule has 1 aromatic carbocycles. The van der Waals surface area contributed by atoms with Crippen molar-refractivity contribution in [3.63, 3.8) is 0 Å². The molecule has 0 aliphatic heterocycles. The number of phenolic OH excluding ortho intramolecular Hbond substituents is 1. The second kappa shape index (κ2) is 6.47. The molecule has 2 rings (SSSR count). The molecule has 0 spiro atoms. The van der Waals surface area contributed by atoms with Gasteiger partial charge in [0, 0.05) is 6.61 Å². The highest BCUT2D eigenvalue weighted by atomic mass is 19.1. The van der Waals surface area contributed by atoms with Gasteiger partial charge in [-0.05, 0) is 31.5 Å². The van der Waals surface area contributed by atoms with Crippen LogP contribution in [0.15, 0.2) is 22.7 Å². The van der Waals surface area contributed by atoms with Crippen molar-refractivity contribution in [3.05, 3.63) is 29.8 Å². The molecule has 1 N–H and O–H groups in total. The third-order valence-electron chi connectivity index (χ3n) is 2.84. The lowest BCUT2D eigenvalue weighted by atomic mass is 10.2. The van der Waals surface area contributed by atoms with Gasteiger partial charge in [-0.3, -0.25) is 0 Å². The van der Waals surface area contributed by atoms with Crippen molar-refractivity contribution >= 4 is 0 Å².